The van der Waals surface area contributed by atoms with E-state index in [1.165, 1.54) is 58.1 Å². The Bertz CT molecular complexity index is 2980. The third-order valence-electron chi connectivity index (χ3n) is 9.63. The zero-order chi connectivity index (χ0) is 53.8. The monoisotopic (exact) mass is 1090 g/mol. The van der Waals surface area contributed by atoms with Crippen LogP contribution in [0.15, 0.2) is 77.9 Å². The van der Waals surface area contributed by atoms with E-state index < -0.39 is 42.0 Å². The minimum Gasteiger partial charge on any atom is -0.493 e. The largest absolute Gasteiger partial charge is 0.573 e. The highest BCUT2D eigenvalue weighted by Crippen LogP contribution is 2.42. The molecule has 2 aromatic carbocycles. The van der Waals surface area contributed by atoms with Gasteiger partial charge in [-0.1, -0.05) is 0 Å². The first-order chi connectivity index (χ1) is 34.5. The number of hydrogen-bond acceptors (Lipinski definition) is 16. The van der Waals surface area contributed by atoms with E-state index in [1.54, 1.807) is 53.8 Å². The minimum absolute atomic E-state index is 0.00474. The van der Waals surface area contributed by atoms with Gasteiger partial charge in [0.1, 0.15) is 32.9 Å². The highest BCUT2D eigenvalue weighted by atomic mass is 79.9. The Hall–Kier alpha value is -8.09. The molecule has 6 rings (SSSR count). The summed E-state index contributed by atoms with van der Waals surface area (Å²) in [6.45, 7) is 10.7. The lowest BCUT2D eigenvalue weighted by Crippen LogP contribution is -2.18. The summed E-state index contributed by atoms with van der Waals surface area (Å²) >= 11 is 3.28. The number of alkyl halides is 6. The summed E-state index contributed by atoms with van der Waals surface area (Å²) in [5.41, 5.74) is 2.85. The molecule has 4 heterocycles. The zero-order valence-electron chi connectivity index (χ0n) is 40.2. The molecule has 0 radical (unpaired) electrons. The van der Waals surface area contributed by atoms with Crippen LogP contribution < -0.4 is 48.5 Å². The molecule has 2 amide bonds. The first kappa shape index (κ1) is 55.8. The number of pyridine rings is 4. The molecule has 0 aliphatic heterocycles. The summed E-state index contributed by atoms with van der Waals surface area (Å²) in [4.78, 5) is 55.4. The second-order valence-electron chi connectivity index (χ2n) is 14.7. The summed E-state index contributed by atoms with van der Waals surface area (Å²) in [7, 11) is 3.70. The minimum atomic E-state index is -4.90. The van der Waals surface area contributed by atoms with Crippen LogP contribution in [0.4, 0.5) is 37.7 Å². The van der Waals surface area contributed by atoms with Gasteiger partial charge in [-0.2, -0.15) is 0 Å². The van der Waals surface area contributed by atoms with Crippen LogP contribution in [0, 0.1) is 27.7 Å². The molecule has 0 saturated heterocycles. The molecule has 73 heavy (non-hydrogen) atoms. The summed E-state index contributed by atoms with van der Waals surface area (Å²) in [6, 6.07) is 9.52. The number of aryl methyl sites for hydroxylation is 4. The van der Waals surface area contributed by atoms with Gasteiger partial charge in [-0.15, -0.1) is 26.3 Å². The van der Waals surface area contributed by atoms with Crippen LogP contribution in [-0.4, -0.2) is 85.0 Å². The van der Waals surface area contributed by atoms with Crippen LogP contribution >= 0.6 is 15.9 Å². The molecule has 388 valence electrons. The third-order valence-corrected chi connectivity index (χ3v) is 10.1. The fraction of sp³-hybridized carbons (Fsp3) is 0.271. The summed E-state index contributed by atoms with van der Waals surface area (Å²) < 4.78 is 122. The maximum atomic E-state index is 13.5. The van der Waals surface area contributed by atoms with E-state index in [-0.39, 0.29) is 81.7 Å². The van der Waals surface area contributed by atoms with Gasteiger partial charge in [0.2, 0.25) is 0 Å². The van der Waals surface area contributed by atoms with Gasteiger partial charge < -0.3 is 53.3 Å². The lowest BCUT2D eigenvalue weighted by Gasteiger charge is -2.18. The van der Waals surface area contributed by atoms with Gasteiger partial charge in [-0.25, -0.2) is 14.8 Å². The summed E-state index contributed by atoms with van der Waals surface area (Å²) in [5, 5.41) is 5.52. The normalized spacial score (nSPS) is 11.0. The van der Waals surface area contributed by atoms with Crippen molar-refractivity contribution in [1.29, 1.82) is 0 Å². The molecule has 0 saturated carbocycles. The highest BCUT2D eigenvalue weighted by molar-refractivity contribution is 9.10. The fourth-order valence-corrected chi connectivity index (χ4v) is 6.67. The number of benzene rings is 2. The third kappa shape index (κ3) is 15.0. The Labute approximate surface area is 421 Å². The number of aromatic nitrogens is 4. The number of halogens is 7. The summed E-state index contributed by atoms with van der Waals surface area (Å²) in [6.07, 6.45) is -4.19. The van der Waals surface area contributed by atoms with Gasteiger partial charge in [-0.3, -0.25) is 19.6 Å². The van der Waals surface area contributed by atoms with E-state index in [4.69, 9.17) is 28.4 Å². The fourth-order valence-electron chi connectivity index (χ4n) is 6.34. The van der Waals surface area contributed by atoms with Crippen molar-refractivity contribution in [1.82, 2.24) is 19.9 Å². The molecular weight excluding hydrogens is 1050 g/mol. The standard InChI is InChI=1S/C25H24F3N3O7.C23H21BrF3N3O5/c1-6-36-22-14(3)29-12-20(37-18-8-7-15(9-19(18)34-4)38-25(26,27)28)21(22)23(32)31-16-10-17(24(33)35-5)30-11-13(16)2;1-5-33-21-13(3)28-11-18(20(21)22(31)30-15-9-19(24)29-10-12(15)2)34-16-7-6-14(8-17(16)32-4)35-23(25,26)27/h7-12H,6H2,1-5H3,(H,30,31,32);6-11H,5H2,1-4H3,(H,29,30,31). The average Bonchev–Trinajstić information content (AvgIpc) is 3.32. The van der Waals surface area contributed by atoms with E-state index in [0.29, 0.717) is 27.2 Å². The summed E-state index contributed by atoms with van der Waals surface area (Å²) in [5.74, 6) is -2.79. The Kier molecular flexibility index (Phi) is 18.6. The molecule has 18 nitrogen and oxygen atoms in total. The number of ether oxygens (including phenoxy) is 9. The molecule has 2 N–H and O–H groups in total. The van der Waals surface area contributed by atoms with Gasteiger partial charge in [0.05, 0.1) is 58.3 Å². The van der Waals surface area contributed by atoms with Crippen molar-refractivity contribution in [2.24, 2.45) is 0 Å². The number of esters is 1. The van der Waals surface area contributed by atoms with Crippen LogP contribution in [0.5, 0.6) is 57.5 Å². The molecule has 0 unspecified atom stereocenters. The number of nitrogens with one attached hydrogen (secondary N) is 2. The second kappa shape index (κ2) is 24.4. The molecule has 0 bridgehead atoms. The quantitative estimate of drug-likeness (QED) is 0.0494. The van der Waals surface area contributed by atoms with Crippen molar-refractivity contribution in [2.75, 3.05) is 45.2 Å². The van der Waals surface area contributed by atoms with Crippen LogP contribution in [-0.2, 0) is 4.74 Å². The maximum Gasteiger partial charge on any atom is 0.573 e. The highest BCUT2D eigenvalue weighted by Gasteiger charge is 2.33. The van der Waals surface area contributed by atoms with E-state index in [9.17, 15) is 40.7 Å². The Balaban J connectivity index is 0.000000272. The molecule has 25 heteroatoms. The predicted octanol–water partition coefficient (Wildman–Crippen LogP) is 11.4. The van der Waals surface area contributed by atoms with Crippen LogP contribution in [0.1, 0.15) is 67.6 Å². The van der Waals surface area contributed by atoms with Crippen molar-refractivity contribution >= 4 is 45.1 Å². The SMILES string of the molecule is CCOc1c(C)ncc(Oc2ccc(OC(F)(F)F)cc2OC)c1C(=O)Nc1cc(Br)ncc1C.CCOc1c(C)ncc(Oc2ccc(OC(F)(F)F)cc2OC)c1C(=O)Nc1cc(C(=O)OC)ncc1C. The van der Waals surface area contributed by atoms with Crippen LogP contribution in [0.2, 0.25) is 0 Å². The molecule has 0 atom stereocenters. The zero-order valence-corrected chi connectivity index (χ0v) is 41.8. The molecule has 0 aliphatic rings. The number of carbonyl (C=O) groups excluding carboxylic acids is 3. The Morgan fingerprint density at radius 3 is 1.38 bits per heavy atom. The number of methoxy groups -OCH3 is 3. The van der Waals surface area contributed by atoms with Gasteiger partial charge in [0.25, 0.3) is 11.8 Å². The van der Waals surface area contributed by atoms with E-state index in [2.05, 4.69) is 60.7 Å². The second-order valence-corrected chi connectivity index (χ2v) is 15.5. The lowest BCUT2D eigenvalue weighted by molar-refractivity contribution is -0.275. The van der Waals surface area contributed by atoms with Crippen molar-refractivity contribution < 1.29 is 83.4 Å². The molecule has 0 fully saturated rings. The average molecular weight is 1090 g/mol. The van der Waals surface area contributed by atoms with Crippen molar-refractivity contribution in [2.45, 2.75) is 54.3 Å². The number of anilines is 2. The van der Waals surface area contributed by atoms with Crippen molar-refractivity contribution in [3.63, 3.8) is 0 Å². The van der Waals surface area contributed by atoms with Gasteiger partial charge in [-0.05, 0) is 105 Å². The van der Waals surface area contributed by atoms with Crippen LogP contribution in [0.3, 0.4) is 0 Å². The maximum absolute atomic E-state index is 13.5. The lowest BCUT2D eigenvalue weighted by atomic mass is 10.1. The molecular formula is C48H45BrF6N6O12. The van der Waals surface area contributed by atoms with Crippen LogP contribution in [0.25, 0.3) is 0 Å². The number of amides is 2. The molecule has 0 aliphatic carbocycles. The van der Waals surface area contributed by atoms with Gasteiger partial charge >= 0.3 is 18.7 Å². The molecule has 6 aromatic rings. The van der Waals surface area contributed by atoms with Gasteiger partial charge in [0.15, 0.2) is 46.0 Å². The molecule has 0 spiro atoms. The van der Waals surface area contributed by atoms with E-state index in [0.717, 1.165) is 29.8 Å². The first-order valence-electron chi connectivity index (χ1n) is 21.3. The Morgan fingerprint density at radius 1 is 0.562 bits per heavy atom. The van der Waals surface area contributed by atoms with E-state index in [1.807, 2.05) is 0 Å². The van der Waals surface area contributed by atoms with Gasteiger partial charge in [0, 0.05) is 35.9 Å². The number of hydrogen-bond donors (Lipinski definition) is 2. The van der Waals surface area contributed by atoms with E-state index >= 15 is 0 Å². The first-order valence-corrected chi connectivity index (χ1v) is 22.1. The number of nitrogens with zero attached hydrogens (tertiary/aromatic N) is 4. The smallest absolute Gasteiger partial charge is 0.493 e. The van der Waals surface area contributed by atoms with Crippen molar-refractivity contribution in [3.8, 4) is 57.5 Å². The number of rotatable bonds is 17. The Morgan fingerprint density at radius 2 is 0.986 bits per heavy atom. The topological polar surface area (TPSA) is 210 Å². The van der Waals surface area contributed by atoms with Crippen molar-refractivity contribution in [3.05, 3.63) is 117 Å². The molecule has 4 aromatic heterocycles. The predicted molar refractivity (Wildman–Crippen MR) is 253 cm³/mol. The number of carbonyl (C=O) groups is 3.